The minimum absolute atomic E-state index is 0.0131. The Morgan fingerprint density at radius 2 is 2.30 bits per heavy atom. The first kappa shape index (κ1) is 13.2. The molecule has 106 valence electrons. The molecule has 2 aromatic rings. The van der Waals surface area contributed by atoms with Crippen molar-refractivity contribution < 1.29 is 4.74 Å². The Morgan fingerprint density at radius 3 is 3.05 bits per heavy atom. The van der Waals surface area contributed by atoms with Crippen LogP contribution in [0.4, 0.5) is 0 Å². The Hall–Kier alpha value is -1.79. The number of nitrogens with one attached hydrogen (secondary N) is 1. The second-order valence-corrected chi connectivity index (χ2v) is 5.11. The molecule has 0 unspecified atom stereocenters. The number of imidazole rings is 1. The van der Waals surface area contributed by atoms with E-state index in [1.165, 1.54) is 0 Å². The van der Waals surface area contributed by atoms with Crippen LogP contribution in [0.1, 0.15) is 29.1 Å². The summed E-state index contributed by atoms with van der Waals surface area (Å²) in [5, 5.41) is 0. The molecule has 6 heteroatoms. The molecule has 0 spiro atoms. The van der Waals surface area contributed by atoms with E-state index in [1.54, 1.807) is 6.20 Å². The van der Waals surface area contributed by atoms with Crippen LogP contribution in [0.2, 0.25) is 0 Å². The number of aromatic nitrogens is 4. The molecule has 2 aromatic heterocycles. The first-order valence-corrected chi connectivity index (χ1v) is 6.85. The second-order valence-electron chi connectivity index (χ2n) is 5.11. The summed E-state index contributed by atoms with van der Waals surface area (Å²) in [5.41, 5.74) is 1.96. The van der Waals surface area contributed by atoms with E-state index in [0.717, 1.165) is 42.7 Å². The Bertz CT molecular complexity index is 549. The quantitative estimate of drug-likeness (QED) is 0.915. The smallest absolute Gasteiger partial charge is 0.125 e. The van der Waals surface area contributed by atoms with Gasteiger partial charge in [-0.3, -0.25) is 4.90 Å². The highest BCUT2D eigenvalue weighted by Gasteiger charge is 2.24. The van der Waals surface area contributed by atoms with E-state index in [1.807, 2.05) is 26.1 Å². The van der Waals surface area contributed by atoms with E-state index in [9.17, 15) is 0 Å². The van der Waals surface area contributed by atoms with Gasteiger partial charge in [0.2, 0.25) is 0 Å². The van der Waals surface area contributed by atoms with Crippen molar-refractivity contribution in [2.45, 2.75) is 26.5 Å². The molecule has 3 heterocycles. The zero-order valence-corrected chi connectivity index (χ0v) is 11.8. The Morgan fingerprint density at radius 1 is 1.40 bits per heavy atom. The largest absolute Gasteiger partial charge is 0.369 e. The van der Waals surface area contributed by atoms with Gasteiger partial charge in [0.1, 0.15) is 17.8 Å². The zero-order valence-electron chi connectivity index (χ0n) is 11.8. The van der Waals surface area contributed by atoms with Crippen LogP contribution in [-0.4, -0.2) is 44.5 Å². The van der Waals surface area contributed by atoms with Crippen molar-refractivity contribution in [1.82, 2.24) is 24.8 Å². The van der Waals surface area contributed by atoms with Crippen LogP contribution in [-0.2, 0) is 11.3 Å². The highest BCUT2D eigenvalue weighted by molar-refractivity contribution is 5.13. The van der Waals surface area contributed by atoms with E-state index in [-0.39, 0.29) is 6.10 Å². The molecule has 20 heavy (non-hydrogen) atoms. The molecule has 0 aliphatic carbocycles. The van der Waals surface area contributed by atoms with Crippen LogP contribution in [0.5, 0.6) is 0 Å². The van der Waals surface area contributed by atoms with Crippen LogP contribution >= 0.6 is 0 Å². The fourth-order valence-corrected chi connectivity index (χ4v) is 2.53. The van der Waals surface area contributed by atoms with Crippen LogP contribution < -0.4 is 0 Å². The fourth-order valence-electron chi connectivity index (χ4n) is 2.53. The molecule has 1 saturated heterocycles. The van der Waals surface area contributed by atoms with Crippen molar-refractivity contribution >= 4 is 0 Å². The highest BCUT2D eigenvalue weighted by atomic mass is 16.5. The molecular formula is C14H19N5O. The third-order valence-electron chi connectivity index (χ3n) is 3.39. The number of rotatable bonds is 3. The molecule has 0 radical (unpaired) electrons. The fraction of sp³-hybridized carbons (Fsp3) is 0.500. The average molecular weight is 273 g/mol. The lowest BCUT2D eigenvalue weighted by atomic mass is 10.1. The molecule has 0 saturated carbocycles. The third-order valence-corrected chi connectivity index (χ3v) is 3.39. The van der Waals surface area contributed by atoms with E-state index in [0.29, 0.717) is 6.61 Å². The third kappa shape index (κ3) is 3.02. The summed E-state index contributed by atoms with van der Waals surface area (Å²) >= 11 is 0. The van der Waals surface area contributed by atoms with Crippen LogP contribution in [0.15, 0.2) is 18.5 Å². The molecule has 0 bridgehead atoms. The lowest BCUT2D eigenvalue weighted by molar-refractivity contribution is -0.0358. The molecule has 0 aromatic carbocycles. The summed E-state index contributed by atoms with van der Waals surface area (Å²) in [4.78, 5) is 18.6. The first-order chi connectivity index (χ1) is 9.70. The van der Waals surface area contributed by atoms with Gasteiger partial charge in [-0.25, -0.2) is 15.0 Å². The van der Waals surface area contributed by atoms with Gasteiger partial charge >= 0.3 is 0 Å². The van der Waals surface area contributed by atoms with Gasteiger partial charge in [-0.2, -0.15) is 0 Å². The molecule has 6 nitrogen and oxygen atoms in total. The topological polar surface area (TPSA) is 66.9 Å². The predicted octanol–water partition coefficient (Wildman–Crippen LogP) is 1.39. The molecular weight excluding hydrogens is 254 g/mol. The number of aryl methyl sites for hydroxylation is 2. The maximum Gasteiger partial charge on any atom is 0.125 e. The van der Waals surface area contributed by atoms with Crippen molar-refractivity contribution in [3.63, 3.8) is 0 Å². The molecule has 1 aliphatic heterocycles. The Kier molecular flexibility index (Phi) is 3.75. The van der Waals surface area contributed by atoms with Crippen molar-refractivity contribution in [3.8, 4) is 0 Å². The first-order valence-electron chi connectivity index (χ1n) is 6.85. The average Bonchev–Trinajstić information content (AvgIpc) is 2.91. The van der Waals surface area contributed by atoms with Gasteiger partial charge in [-0.15, -0.1) is 0 Å². The second kappa shape index (κ2) is 5.68. The summed E-state index contributed by atoms with van der Waals surface area (Å²) < 4.78 is 5.86. The summed E-state index contributed by atoms with van der Waals surface area (Å²) in [6.45, 7) is 7.18. The highest BCUT2D eigenvalue weighted by Crippen LogP contribution is 2.21. The number of nitrogens with zero attached hydrogens (tertiary/aromatic N) is 4. The SMILES string of the molecule is Cc1cc([C@@H]2CN(Cc3ncc[nH]3)CCO2)nc(C)n1. The Labute approximate surface area is 118 Å². The molecule has 1 N–H and O–H groups in total. The van der Waals surface area contributed by atoms with Gasteiger partial charge in [-0.05, 0) is 19.9 Å². The summed E-state index contributed by atoms with van der Waals surface area (Å²) in [7, 11) is 0. The molecule has 0 amide bonds. The predicted molar refractivity (Wildman–Crippen MR) is 74.1 cm³/mol. The van der Waals surface area contributed by atoms with E-state index >= 15 is 0 Å². The van der Waals surface area contributed by atoms with Crippen LogP contribution in [0, 0.1) is 13.8 Å². The standard InChI is InChI=1S/C14H19N5O/c1-10-7-12(18-11(2)17-10)13-8-19(5-6-20-13)9-14-15-3-4-16-14/h3-4,7,13H,5-6,8-9H2,1-2H3,(H,15,16)/t13-/m0/s1. The van der Waals surface area contributed by atoms with Crippen molar-refractivity contribution in [1.29, 1.82) is 0 Å². The van der Waals surface area contributed by atoms with Gasteiger partial charge in [0, 0.05) is 31.2 Å². The van der Waals surface area contributed by atoms with E-state index in [4.69, 9.17) is 4.74 Å². The summed E-state index contributed by atoms with van der Waals surface area (Å²) in [6.07, 6.45) is 3.65. The number of aromatic amines is 1. The van der Waals surface area contributed by atoms with Gasteiger partial charge in [0.25, 0.3) is 0 Å². The van der Waals surface area contributed by atoms with Crippen molar-refractivity contribution in [3.05, 3.63) is 41.5 Å². The zero-order chi connectivity index (χ0) is 13.9. The normalized spacial score (nSPS) is 20.2. The lowest BCUT2D eigenvalue weighted by Crippen LogP contribution is -2.38. The van der Waals surface area contributed by atoms with Crippen molar-refractivity contribution in [2.75, 3.05) is 19.7 Å². The number of ether oxygens (including phenoxy) is 1. The number of hydrogen-bond acceptors (Lipinski definition) is 5. The number of morpholine rings is 1. The molecule has 1 atom stereocenters. The van der Waals surface area contributed by atoms with Crippen molar-refractivity contribution in [2.24, 2.45) is 0 Å². The number of hydrogen-bond donors (Lipinski definition) is 1. The summed E-state index contributed by atoms with van der Waals surface area (Å²) in [5.74, 6) is 1.78. The van der Waals surface area contributed by atoms with E-state index < -0.39 is 0 Å². The van der Waals surface area contributed by atoms with Gasteiger partial charge < -0.3 is 9.72 Å². The summed E-state index contributed by atoms with van der Waals surface area (Å²) in [6, 6.07) is 2.01. The van der Waals surface area contributed by atoms with Gasteiger partial charge in [-0.1, -0.05) is 0 Å². The maximum absolute atomic E-state index is 5.86. The Balaban J connectivity index is 1.71. The number of H-pyrrole nitrogens is 1. The van der Waals surface area contributed by atoms with E-state index in [2.05, 4.69) is 24.8 Å². The van der Waals surface area contributed by atoms with Gasteiger partial charge in [0.15, 0.2) is 0 Å². The minimum atomic E-state index is 0.0131. The lowest BCUT2D eigenvalue weighted by Gasteiger charge is -2.32. The monoisotopic (exact) mass is 273 g/mol. The molecule has 3 rings (SSSR count). The molecule has 1 fully saturated rings. The minimum Gasteiger partial charge on any atom is -0.369 e. The molecule has 1 aliphatic rings. The van der Waals surface area contributed by atoms with Gasteiger partial charge in [0.05, 0.1) is 18.8 Å². The van der Waals surface area contributed by atoms with Crippen LogP contribution in [0.25, 0.3) is 0 Å². The maximum atomic E-state index is 5.86. The van der Waals surface area contributed by atoms with Crippen LogP contribution in [0.3, 0.4) is 0 Å².